The Morgan fingerprint density at radius 2 is 2.23 bits per heavy atom. The van der Waals surface area contributed by atoms with Crippen LogP contribution >= 0.6 is 0 Å². The van der Waals surface area contributed by atoms with Crippen LogP contribution in [-0.2, 0) is 0 Å². The van der Waals surface area contributed by atoms with E-state index in [1.165, 1.54) is 25.0 Å². The SMILES string of the molecule is CC(C)=CC1(O)CCN2CCCC21. The Labute approximate surface area is 80.2 Å². The lowest BCUT2D eigenvalue weighted by Crippen LogP contribution is -2.39. The average molecular weight is 181 g/mol. The van der Waals surface area contributed by atoms with E-state index in [0.717, 1.165) is 13.0 Å². The van der Waals surface area contributed by atoms with Crippen molar-refractivity contribution < 1.29 is 5.11 Å². The normalized spacial score (nSPS) is 39.2. The number of aliphatic hydroxyl groups is 1. The Hall–Kier alpha value is -0.340. The molecule has 13 heavy (non-hydrogen) atoms. The van der Waals surface area contributed by atoms with Gasteiger partial charge in [0.2, 0.25) is 0 Å². The van der Waals surface area contributed by atoms with E-state index in [1.54, 1.807) is 0 Å². The van der Waals surface area contributed by atoms with Crippen LogP contribution in [-0.4, -0.2) is 34.7 Å². The van der Waals surface area contributed by atoms with E-state index >= 15 is 0 Å². The molecule has 0 radical (unpaired) electrons. The molecule has 1 N–H and O–H groups in total. The standard InChI is InChI=1S/C11H19NO/c1-9(2)8-11(13)5-7-12-6-3-4-10(11)12/h8,10,13H,3-7H2,1-2H3. The summed E-state index contributed by atoms with van der Waals surface area (Å²) < 4.78 is 0. The van der Waals surface area contributed by atoms with Gasteiger partial charge in [-0.3, -0.25) is 4.90 Å². The van der Waals surface area contributed by atoms with Crippen molar-refractivity contribution in [2.75, 3.05) is 13.1 Å². The zero-order chi connectivity index (χ0) is 9.47. The lowest BCUT2D eigenvalue weighted by molar-refractivity contribution is 0.0597. The number of hydrogen-bond donors (Lipinski definition) is 1. The van der Waals surface area contributed by atoms with Gasteiger partial charge in [0, 0.05) is 12.6 Å². The number of allylic oxidation sites excluding steroid dienone is 1. The summed E-state index contributed by atoms with van der Waals surface area (Å²) in [6.45, 7) is 6.39. The average Bonchev–Trinajstić information content (AvgIpc) is 2.54. The van der Waals surface area contributed by atoms with Crippen molar-refractivity contribution in [2.45, 2.75) is 44.8 Å². The summed E-state index contributed by atoms with van der Waals surface area (Å²) in [5, 5.41) is 10.4. The third-order valence-electron chi connectivity index (χ3n) is 3.28. The van der Waals surface area contributed by atoms with Crippen molar-refractivity contribution in [3.63, 3.8) is 0 Å². The first-order chi connectivity index (χ1) is 6.12. The maximum Gasteiger partial charge on any atom is 0.0996 e. The van der Waals surface area contributed by atoms with Crippen LogP contribution in [0.25, 0.3) is 0 Å². The maximum absolute atomic E-state index is 10.4. The molecule has 0 aromatic carbocycles. The first-order valence-electron chi connectivity index (χ1n) is 5.24. The molecule has 0 amide bonds. The monoisotopic (exact) mass is 181 g/mol. The quantitative estimate of drug-likeness (QED) is 0.620. The van der Waals surface area contributed by atoms with Gasteiger partial charge in [-0.05, 0) is 39.7 Å². The Morgan fingerprint density at radius 1 is 1.46 bits per heavy atom. The minimum Gasteiger partial charge on any atom is -0.384 e. The number of rotatable bonds is 1. The molecule has 2 aliphatic rings. The molecule has 0 saturated carbocycles. The highest BCUT2D eigenvalue weighted by Gasteiger charge is 2.46. The molecule has 2 unspecified atom stereocenters. The topological polar surface area (TPSA) is 23.5 Å². The van der Waals surface area contributed by atoms with Crippen LogP contribution in [0.5, 0.6) is 0 Å². The predicted octanol–water partition coefficient (Wildman–Crippen LogP) is 1.55. The van der Waals surface area contributed by atoms with Gasteiger partial charge in [-0.15, -0.1) is 0 Å². The van der Waals surface area contributed by atoms with E-state index in [0.29, 0.717) is 6.04 Å². The molecule has 2 atom stereocenters. The van der Waals surface area contributed by atoms with Gasteiger partial charge in [-0.25, -0.2) is 0 Å². The summed E-state index contributed by atoms with van der Waals surface area (Å²) in [6.07, 6.45) is 5.40. The lowest BCUT2D eigenvalue weighted by atomic mass is 9.91. The summed E-state index contributed by atoms with van der Waals surface area (Å²) in [4.78, 5) is 2.43. The molecule has 0 aromatic rings. The second-order valence-electron chi connectivity index (χ2n) is 4.66. The highest BCUT2D eigenvalue weighted by atomic mass is 16.3. The Bertz CT molecular complexity index is 232. The minimum absolute atomic E-state index is 0.405. The molecule has 0 bridgehead atoms. The zero-order valence-electron chi connectivity index (χ0n) is 8.58. The fourth-order valence-corrected chi connectivity index (χ4v) is 2.82. The summed E-state index contributed by atoms with van der Waals surface area (Å²) in [6, 6.07) is 0.405. The zero-order valence-corrected chi connectivity index (χ0v) is 8.58. The number of nitrogens with zero attached hydrogens (tertiary/aromatic N) is 1. The van der Waals surface area contributed by atoms with Crippen LogP contribution in [0.4, 0.5) is 0 Å². The van der Waals surface area contributed by atoms with Crippen molar-refractivity contribution in [3.05, 3.63) is 11.6 Å². The lowest BCUT2D eigenvalue weighted by Gasteiger charge is -2.27. The minimum atomic E-state index is -0.519. The van der Waals surface area contributed by atoms with Crippen LogP contribution in [0.3, 0.4) is 0 Å². The van der Waals surface area contributed by atoms with Crippen LogP contribution < -0.4 is 0 Å². The Balaban J connectivity index is 2.19. The van der Waals surface area contributed by atoms with Crippen LogP contribution in [0.15, 0.2) is 11.6 Å². The van der Waals surface area contributed by atoms with Crippen LogP contribution in [0.2, 0.25) is 0 Å². The molecule has 2 aliphatic heterocycles. The third kappa shape index (κ3) is 1.53. The van der Waals surface area contributed by atoms with E-state index in [1.807, 2.05) is 0 Å². The highest BCUT2D eigenvalue weighted by molar-refractivity contribution is 5.16. The molecule has 2 rings (SSSR count). The van der Waals surface area contributed by atoms with Crippen molar-refractivity contribution in [1.82, 2.24) is 4.90 Å². The van der Waals surface area contributed by atoms with Crippen LogP contribution in [0, 0.1) is 0 Å². The number of fused-ring (bicyclic) bond motifs is 1. The second kappa shape index (κ2) is 3.10. The third-order valence-corrected chi connectivity index (χ3v) is 3.28. The van der Waals surface area contributed by atoms with E-state index in [2.05, 4.69) is 24.8 Å². The predicted molar refractivity (Wildman–Crippen MR) is 53.6 cm³/mol. The molecular formula is C11H19NO. The maximum atomic E-state index is 10.4. The van der Waals surface area contributed by atoms with Crippen LogP contribution in [0.1, 0.15) is 33.1 Å². The molecule has 2 fully saturated rings. The molecule has 2 heteroatoms. The molecule has 74 valence electrons. The van der Waals surface area contributed by atoms with E-state index in [4.69, 9.17) is 0 Å². The summed E-state index contributed by atoms with van der Waals surface area (Å²) in [7, 11) is 0. The van der Waals surface area contributed by atoms with Gasteiger partial charge < -0.3 is 5.11 Å². The van der Waals surface area contributed by atoms with E-state index in [-0.39, 0.29) is 0 Å². The first kappa shape index (κ1) is 9.22. The first-order valence-corrected chi connectivity index (χ1v) is 5.24. The molecule has 2 nitrogen and oxygen atoms in total. The van der Waals surface area contributed by atoms with Gasteiger partial charge in [0.15, 0.2) is 0 Å². The molecule has 0 aliphatic carbocycles. The van der Waals surface area contributed by atoms with E-state index in [9.17, 15) is 5.11 Å². The van der Waals surface area contributed by atoms with Crippen molar-refractivity contribution in [3.8, 4) is 0 Å². The van der Waals surface area contributed by atoms with E-state index < -0.39 is 5.60 Å². The fourth-order valence-electron chi connectivity index (χ4n) is 2.82. The molecule has 2 heterocycles. The Morgan fingerprint density at radius 3 is 2.92 bits per heavy atom. The summed E-state index contributed by atoms with van der Waals surface area (Å²) in [5.74, 6) is 0. The molecule has 2 saturated heterocycles. The van der Waals surface area contributed by atoms with Crippen molar-refractivity contribution in [1.29, 1.82) is 0 Å². The van der Waals surface area contributed by atoms with Crippen molar-refractivity contribution in [2.24, 2.45) is 0 Å². The van der Waals surface area contributed by atoms with Gasteiger partial charge >= 0.3 is 0 Å². The van der Waals surface area contributed by atoms with Crippen molar-refractivity contribution >= 4 is 0 Å². The van der Waals surface area contributed by atoms with Gasteiger partial charge in [-0.2, -0.15) is 0 Å². The fraction of sp³-hybridized carbons (Fsp3) is 0.818. The highest BCUT2D eigenvalue weighted by Crippen LogP contribution is 2.37. The van der Waals surface area contributed by atoms with Gasteiger partial charge in [0.25, 0.3) is 0 Å². The van der Waals surface area contributed by atoms with Gasteiger partial charge in [0.1, 0.15) is 0 Å². The Kier molecular flexibility index (Phi) is 2.20. The van der Waals surface area contributed by atoms with Gasteiger partial charge in [-0.1, -0.05) is 11.6 Å². The summed E-state index contributed by atoms with van der Waals surface area (Å²) in [5.41, 5.74) is 0.714. The number of hydrogen-bond acceptors (Lipinski definition) is 2. The molecule has 0 aromatic heterocycles. The summed E-state index contributed by atoms with van der Waals surface area (Å²) >= 11 is 0. The molecular weight excluding hydrogens is 162 g/mol. The second-order valence-corrected chi connectivity index (χ2v) is 4.66. The van der Waals surface area contributed by atoms with Gasteiger partial charge in [0.05, 0.1) is 5.60 Å². The molecule has 0 spiro atoms. The largest absolute Gasteiger partial charge is 0.384 e. The smallest absolute Gasteiger partial charge is 0.0996 e.